The Labute approximate surface area is 128 Å². The highest BCUT2D eigenvalue weighted by Gasteiger charge is 2.25. The summed E-state index contributed by atoms with van der Waals surface area (Å²) in [5.41, 5.74) is 2.54. The van der Waals surface area contributed by atoms with Gasteiger partial charge in [-0.1, -0.05) is 45.0 Å². The zero-order valence-corrected chi connectivity index (χ0v) is 13.4. The fraction of sp³-hybridized carbons (Fsp3) is 0.611. The minimum absolute atomic E-state index is 0.0327. The second-order valence-electron chi connectivity index (χ2n) is 5.95. The van der Waals surface area contributed by atoms with E-state index in [1.165, 1.54) is 11.1 Å². The van der Waals surface area contributed by atoms with Crippen LogP contribution < -0.4 is 5.32 Å². The quantitative estimate of drug-likeness (QED) is 0.861. The molecule has 0 spiro atoms. The molecule has 1 heterocycles. The Balaban J connectivity index is 2.01. The molecule has 3 atom stereocenters. The topological polar surface area (TPSA) is 38.3 Å². The summed E-state index contributed by atoms with van der Waals surface area (Å²) in [6.07, 6.45) is 3.61. The Morgan fingerprint density at radius 2 is 1.90 bits per heavy atom. The molecule has 3 nitrogen and oxygen atoms in total. The third-order valence-electron chi connectivity index (χ3n) is 4.47. The zero-order chi connectivity index (χ0) is 15.2. The van der Waals surface area contributed by atoms with Crippen LogP contribution >= 0.6 is 0 Å². The standard InChI is InChI=1S/C18H27NO2/c1-4-13(3)14-8-10-15(11-9-14)16(5-2)19-18(20)17-7-6-12-21-17/h8-11,13,16-17H,4-7,12H2,1-3H3,(H,19,20)/t13-,16+,17+/m1/s1. The van der Waals surface area contributed by atoms with Crippen LogP contribution in [0, 0.1) is 0 Å². The number of amides is 1. The van der Waals surface area contributed by atoms with Gasteiger partial charge in [0.2, 0.25) is 5.91 Å². The molecule has 0 bridgehead atoms. The Kier molecular flexibility index (Phi) is 5.80. The molecule has 0 saturated carbocycles. The van der Waals surface area contributed by atoms with E-state index in [1.807, 2.05) is 0 Å². The number of nitrogens with one attached hydrogen (secondary N) is 1. The van der Waals surface area contributed by atoms with E-state index >= 15 is 0 Å². The van der Waals surface area contributed by atoms with Gasteiger partial charge in [0, 0.05) is 6.61 Å². The molecule has 116 valence electrons. The number of ether oxygens (including phenoxy) is 1. The zero-order valence-electron chi connectivity index (χ0n) is 13.4. The molecule has 2 rings (SSSR count). The molecule has 1 aliphatic heterocycles. The smallest absolute Gasteiger partial charge is 0.249 e. The van der Waals surface area contributed by atoms with Crippen LogP contribution in [0.3, 0.4) is 0 Å². The summed E-state index contributed by atoms with van der Waals surface area (Å²) in [7, 11) is 0. The van der Waals surface area contributed by atoms with Gasteiger partial charge >= 0.3 is 0 Å². The maximum absolute atomic E-state index is 12.2. The van der Waals surface area contributed by atoms with E-state index in [4.69, 9.17) is 4.74 Å². The lowest BCUT2D eigenvalue weighted by atomic mass is 9.95. The predicted octanol–water partition coefficient (Wildman–Crippen LogP) is 3.95. The van der Waals surface area contributed by atoms with Crippen molar-refractivity contribution in [2.24, 2.45) is 0 Å². The molecule has 3 heteroatoms. The minimum atomic E-state index is -0.251. The summed E-state index contributed by atoms with van der Waals surface area (Å²) >= 11 is 0. The van der Waals surface area contributed by atoms with Crippen LogP contribution in [-0.4, -0.2) is 18.6 Å². The Hall–Kier alpha value is -1.35. The third kappa shape index (κ3) is 4.07. The third-order valence-corrected chi connectivity index (χ3v) is 4.47. The molecule has 1 fully saturated rings. The van der Waals surface area contributed by atoms with Crippen molar-refractivity contribution in [3.8, 4) is 0 Å². The van der Waals surface area contributed by atoms with E-state index in [2.05, 4.69) is 50.4 Å². The second-order valence-corrected chi connectivity index (χ2v) is 5.95. The van der Waals surface area contributed by atoms with Crippen molar-refractivity contribution < 1.29 is 9.53 Å². The van der Waals surface area contributed by atoms with Crippen LogP contribution in [-0.2, 0) is 9.53 Å². The predicted molar refractivity (Wildman–Crippen MR) is 85.3 cm³/mol. The maximum atomic E-state index is 12.2. The first kappa shape index (κ1) is 16.0. The van der Waals surface area contributed by atoms with E-state index < -0.39 is 0 Å². The van der Waals surface area contributed by atoms with Gasteiger partial charge in [-0.25, -0.2) is 0 Å². The molecule has 0 radical (unpaired) electrons. The number of hydrogen-bond acceptors (Lipinski definition) is 2. The van der Waals surface area contributed by atoms with Gasteiger partial charge in [0.25, 0.3) is 0 Å². The number of hydrogen-bond donors (Lipinski definition) is 1. The average molecular weight is 289 g/mol. The van der Waals surface area contributed by atoms with Crippen LogP contribution in [0.5, 0.6) is 0 Å². The largest absolute Gasteiger partial charge is 0.368 e. The lowest BCUT2D eigenvalue weighted by molar-refractivity contribution is -0.130. The SMILES string of the molecule is CC[C@@H](C)c1ccc([C@H](CC)NC(=O)[C@@H]2CCCO2)cc1. The van der Waals surface area contributed by atoms with Gasteiger partial charge in [-0.2, -0.15) is 0 Å². The summed E-state index contributed by atoms with van der Waals surface area (Å²) < 4.78 is 5.45. The van der Waals surface area contributed by atoms with Crippen molar-refractivity contribution in [3.05, 3.63) is 35.4 Å². The van der Waals surface area contributed by atoms with Crippen molar-refractivity contribution in [1.29, 1.82) is 0 Å². The molecule has 1 N–H and O–H groups in total. The van der Waals surface area contributed by atoms with Gasteiger partial charge < -0.3 is 10.1 Å². The number of carbonyl (C=O) groups excluding carboxylic acids is 1. The summed E-state index contributed by atoms with van der Waals surface area (Å²) in [5.74, 6) is 0.617. The van der Waals surface area contributed by atoms with Crippen LogP contribution in [0.2, 0.25) is 0 Å². The van der Waals surface area contributed by atoms with Crippen LogP contribution in [0.4, 0.5) is 0 Å². The Bertz CT molecular complexity index is 449. The van der Waals surface area contributed by atoms with Crippen molar-refractivity contribution in [3.63, 3.8) is 0 Å². The van der Waals surface area contributed by atoms with Crippen LogP contribution in [0.15, 0.2) is 24.3 Å². The van der Waals surface area contributed by atoms with Gasteiger partial charge in [-0.05, 0) is 42.7 Å². The summed E-state index contributed by atoms with van der Waals surface area (Å²) in [6, 6.07) is 8.73. The van der Waals surface area contributed by atoms with E-state index in [0.717, 1.165) is 25.7 Å². The van der Waals surface area contributed by atoms with Gasteiger partial charge in [0.1, 0.15) is 6.10 Å². The Morgan fingerprint density at radius 3 is 2.43 bits per heavy atom. The van der Waals surface area contributed by atoms with Gasteiger partial charge in [-0.15, -0.1) is 0 Å². The first-order valence-corrected chi connectivity index (χ1v) is 8.17. The molecule has 0 aliphatic carbocycles. The molecule has 1 aliphatic rings. The fourth-order valence-corrected chi connectivity index (χ4v) is 2.76. The number of carbonyl (C=O) groups is 1. The molecule has 0 unspecified atom stereocenters. The fourth-order valence-electron chi connectivity index (χ4n) is 2.76. The Morgan fingerprint density at radius 1 is 1.24 bits per heavy atom. The number of benzene rings is 1. The summed E-state index contributed by atoms with van der Waals surface area (Å²) in [6.45, 7) is 7.25. The highest BCUT2D eigenvalue weighted by molar-refractivity contribution is 5.81. The van der Waals surface area contributed by atoms with Crippen LogP contribution in [0.1, 0.15) is 69.5 Å². The van der Waals surface area contributed by atoms with Crippen molar-refractivity contribution in [1.82, 2.24) is 5.32 Å². The molecule has 0 aromatic heterocycles. The van der Waals surface area contributed by atoms with E-state index in [-0.39, 0.29) is 18.1 Å². The first-order chi connectivity index (χ1) is 10.2. The molecule has 21 heavy (non-hydrogen) atoms. The second kappa shape index (κ2) is 7.60. The highest BCUT2D eigenvalue weighted by atomic mass is 16.5. The summed E-state index contributed by atoms with van der Waals surface area (Å²) in [5, 5.41) is 3.12. The molecular formula is C18H27NO2. The average Bonchev–Trinajstić information content (AvgIpc) is 3.06. The molecule has 1 aromatic carbocycles. The normalized spacial score (nSPS) is 21.0. The molecule has 1 saturated heterocycles. The lowest BCUT2D eigenvalue weighted by Gasteiger charge is -2.20. The van der Waals surface area contributed by atoms with Gasteiger partial charge in [0.05, 0.1) is 6.04 Å². The van der Waals surface area contributed by atoms with Crippen molar-refractivity contribution in [2.75, 3.05) is 6.61 Å². The number of rotatable bonds is 6. The van der Waals surface area contributed by atoms with Gasteiger partial charge in [0.15, 0.2) is 0 Å². The van der Waals surface area contributed by atoms with Gasteiger partial charge in [-0.3, -0.25) is 4.79 Å². The molecule has 1 amide bonds. The van der Waals surface area contributed by atoms with Crippen molar-refractivity contribution >= 4 is 5.91 Å². The minimum Gasteiger partial charge on any atom is -0.368 e. The highest BCUT2D eigenvalue weighted by Crippen LogP contribution is 2.23. The monoisotopic (exact) mass is 289 g/mol. The van der Waals surface area contributed by atoms with E-state index in [1.54, 1.807) is 0 Å². The molecular weight excluding hydrogens is 262 g/mol. The lowest BCUT2D eigenvalue weighted by Crippen LogP contribution is -2.36. The maximum Gasteiger partial charge on any atom is 0.249 e. The molecule has 1 aromatic rings. The van der Waals surface area contributed by atoms with Crippen molar-refractivity contribution in [2.45, 2.75) is 64.5 Å². The first-order valence-electron chi connectivity index (χ1n) is 8.17. The summed E-state index contributed by atoms with van der Waals surface area (Å²) in [4.78, 5) is 12.2. The van der Waals surface area contributed by atoms with E-state index in [0.29, 0.717) is 12.5 Å². The van der Waals surface area contributed by atoms with Crippen LogP contribution in [0.25, 0.3) is 0 Å². The van der Waals surface area contributed by atoms with E-state index in [9.17, 15) is 4.79 Å².